The molecule has 6 nitrogen and oxygen atoms in total. The minimum atomic E-state index is -3.33. The van der Waals surface area contributed by atoms with Gasteiger partial charge in [0.25, 0.3) is 0 Å². The molecule has 2 amide bonds. The summed E-state index contributed by atoms with van der Waals surface area (Å²) < 4.78 is 22.9. The van der Waals surface area contributed by atoms with Crippen molar-refractivity contribution < 1.29 is 18.0 Å². The van der Waals surface area contributed by atoms with E-state index in [1.807, 2.05) is 23.1 Å². The van der Waals surface area contributed by atoms with Crippen LogP contribution in [0.4, 0.5) is 0 Å². The number of benzene rings is 1. The number of rotatable bonds is 5. The van der Waals surface area contributed by atoms with E-state index in [4.69, 9.17) is 0 Å². The molecule has 1 atom stereocenters. The average Bonchev–Trinajstić information content (AvgIpc) is 2.62. The summed E-state index contributed by atoms with van der Waals surface area (Å²) in [5.41, 5.74) is 1.11. The van der Waals surface area contributed by atoms with Crippen LogP contribution < -0.4 is 0 Å². The summed E-state index contributed by atoms with van der Waals surface area (Å²) in [6.07, 6.45) is 5.02. The average molecular weight is 393 g/mol. The zero-order valence-corrected chi connectivity index (χ0v) is 16.7. The van der Waals surface area contributed by atoms with E-state index in [0.29, 0.717) is 32.6 Å². The lowest BCUT2D eigenvalue weighted by atomic mass is 9.73. The second-order valence-electron chi connectivity index (χ2n) is 8.04. The van der Waals surface area contributed by atoms with Crippen LogP contribution in [0.5, 0.6) is 0 Å². The predicted octanol–water partition coefficient (Wildman–Crippen LogP) is 1.50. The number of hydrogen-bond acceptors (Lipinski definition) is 4. The molecule has 2 aliphatic heterocycles. The zero-order chi connectivity index (χ0) is 19.5. The van der Waals surface area contributed by atoms with Gasteiger partial charge in [-0.15, -0.1) is 0 Å². The Morgan fingerprint density at radius 2 is 1.89 bits per heavy atom. The number of likely N-dealkylation sites (tertiary alicyclic amines) is 2. The minimum absolute atomic E-state index is 0.101. The van der Waals surface area contributed by atoms with E-state index in [2.05, 4.69) is 12.1 Å². The van der Waals surface area contributed by atoms with Gasteiger partial charge < -0.3 is 9.80 Å². The number of carbonyl (C=O) groups excluding carboxylic acids is 2. The van der Waals surface area contributed by atoms with Gasteiger partial charge in [0.1, 0.15) is 5.75 Å². The van der Waals surface area contributed by atoms with Gasteiger partial charge >= 0.3 is 0 Å². The van der Waals surface area contributed by atoms with Crippen molar-refractivity contribution >= 4 is 21.7 Å². The molecule has 3 rings (SSSR count). The lowest BCUT2D eigenvalue weighted by molar-refractivity contribution is -0.142. The van der Waals surface area contributed by atoms with Gasteiger partial charge in [0.05, 0.1) is 0 Å². The quantitative estimate of drug-likeness (QED) is 0.761. The predicted molar refractivity (Wildman–Crippen MR) is 104 cm³/mol. The van der Waals surface area contributed by atoms with Crippen molar-refractivity contribution in [3.63, 3.8) is 0 Å². The molecule has 0 saturated carbocycles. The van der Waals surface area contributed by atoms with Crippen molar-refractivity contribution in [2.45, 2.75) is 32.1 Å². The molecule has 1 aromatic carbocycles. The van der Waals surface area contributed by atoms with Gasteiger partial charge in [0.2, 0.25) is 11.8 Å². The van der Waals surface area contributed by atoms with Gasteiger partial charge in [0, 0.05) is 44.3 Å². The van der Waals surface area contributed by atoms with Crippen LogP contribution in [0.3, 0.4) is 0 Å². The fraction of sp³-hybridized carbons (Fsp3) is 0.600. The highest BCUT2D eigenvalue weighted by Gasteiger charge is 2.42. The molecule has 1 spiro atoms. The van der Waals surface area contributed by atoms with Gasteiger partial charge in [-0.3, -0.25) is 9.59 Å². The summed E-state index contributed by atoms with van der Waals surface area (Å²) in [5.74, 6) is -0.569. The van der Waals surface area contributed by atoms with E-state index >= 15 is 0 Å². The van der Waals surface area contributed by atoms with Gasteiger partial charge in [-0.2, -0.15) is 0 Å². The van der Waals surface area contributed by atoms with E-state index in [0.717, 1.165) is 31.9 Å². The van der Waals surface area contributed by atoms with Gasteiger partial charge in [0.15, 0.2) is 9.84 Å². The molecule has 0 aliphatic carbocycles. The molecule has 1 unspecified atom stereocenters. The van der Waals surface area contributed by atoms with Crippen LogP contribution >= 0.6 is 0 Å². The van der Waals surface area contributed by atoms with Crippen molar-refractivity contribution in [2.24, 2.45) is 5.41 Å². The Hall–Kier alpha value is -1.89. The summed E-state index contributed by atoms with van der Waals surface area (Å²) in [4.78, 5) is 28.4. The number of carbonyl (C=O) groups is 2. The molecule has 2 saturated heterocycles. The Kier molecular flexibility index (Phi) is 5.89. The summed E-state index contributed by atoms with van der Waals surface area (Å²) in [5, 5.41) is 0. The number of hydrogen-bond donors (Lipinski definition) is 0. The smallest absolute Gasteiger partial charge is 0.237 e. The number of nitrogens with zero attached hydrogens (tertiary/aromatic N) is 2. The molecule has 2 fully saturated rings. The lowest BCUT2D eigenvalue weighted by Gasteiger charge is -2.48. The van der Waals surface area contributed by atoms with Crippen LogP contribution in [0.2, 0.25) is 0 Å². The van der Waals surface area contributed by atoms with E-state index in [1.54, 1.807) is 4.90 Å². The second-order valence-corrected chi connectivity index (χ2v) is 10.2. The van der Waals surface area contributed by atoms with Crippen LogP contribution in [0.15, 0.2) is 30.3 Å². The fourth-order valence-electron chi connectivity index (χ4n) is 4.28. The number of sulfone groups is 1. The molecular formula is C20H28N2O4S. The molecule has 1 aromatic rings. The molecule has 27 heavy (non-hydrogen) atoms. The Labute approximate surface area is 161 Å². The molecule has 0 N–H and O–H groups in total. The maximum absolute atomic E-state index is 12.4. The summed E-state index contributed by atoms with van der Waals surface area (Å²) >= 11 is 0. The van der Waals surface area contributed by atoms with Gasteiger partial charge in [-0.05, 0) is 31.2 Å². The third-order valence-corrected chi connectivity index (χ3v) is 6.43. The molecule has 2 heterocycles. The summed E-state index contributed by atoms with van der Waals surface area (Å²) in [7, 11) is -3.33. The Morgan fingerprint density at radius 3 is 2.59 bits per heavy atom. The van der Waals surface area contributed by atoms with Crippen LogP contribution in [0, 0.1) is 5.41 Å². The van der Waals surface area contributed by atoms with Crippen molar-refractivity contribution in [3.05, 3.63) is 35.9 Å². The first-order valence-electron chi connectivity index (χ1n) is 9.54. The highest BCUT2D eigenvalue weighted by molar-refractivity contribution is 7.91. The standard InChI is InChI=1S/C20H28N2O4S/c1-27(25,26)14-19(24)21-12-5-10-20(15-21)11-8-18(23)22(16-20)13-9-17-6-3-2-4-7-17/h2-4,6-7H,5,8-16H2,1H3. The van der Waals surface area contributed by atoms with E-state index in [9.17, 15) is 18.0 Å². The highest BCUT2D eigenvalue weighted by Crippen LogP contribution is 2.39. The van der Waals surface area contributed by atoms with Gasteiger partial charge in [-0.25, -0.2) is 8.42 Å². The molecule has 0 radical (unpaired) electrons. The molecule has 0 bridgehead atoms. The van der Waals surface area contributed by atoms with Crippen molar-refractivity contribution in [2.75, 3.05) is 38.2 Å². The largest absolute Gasteiger partial charge is 0.342 e. The normalized spacial score (nSPS) is 23.7. The summed E-state index contributed by atoms with van der Waals surface area (Å²) in [6.45, 7) is 2.49. The molecule has 7 heteroatoms. The van der Waals surface area contributed by atoms with E-state index < -0.39 is 15.6 Å². The Bertz CT molecular complexity index is 793. The van der Waals surface area contributed by atoms with Crippen LogP contribution in [-0.4, -0.2) is 68.2 Å². The molecule has 148 valence electrons. The third kappa shape index (κ3) is 5.31. The zero-order valence-electron chi connectivity index (χ0n) is 15.9. The fourth-order valence-corrected chi connectivity index (χ4v) is 4.92. The minimum Gasteiger partial charge on any atom is -0.342 e. The Balaban J connectivity index is 1.64. The van der Waals surface area contributed by atoms with Crippen LogP contribution in [0.1, 0.15) is 31.2 Å². The number of amides is 2. The van der Waals surface area contributed by atoms with Crippen molar-refractivity contribution in [1.29, 1.82) is 0 Å². The Morgan fingerprint density at radius 1 is 1.15 bits per heavy atom. The van der Waals surface area contributed by atoms with Crippen LogP contribution in [-0.2, 0) is 25.8 Å². The van der Waals surface area contributed by atoms with Gasteiger partial charge in [-0.1, -0.05) is 30.3 Å². The first kappa shape index (κ1) is 19.9. The van der Waals surface area contributed by atoms with E-state index in [-0.39, 0.29) is 17.2 Å². The maximum atomic E-state index is 12.4. The number of piperidine rings is 2. The summed E-state index contributed by atoms with van der Waals surface area (Å²) in [6, 6.07) is 10.1. The topological polar surface area (TPSA) is 74.8 Å². The monoisotopic (exact) mass is 392 g/mol. The molecule has 0 aromatic heterocycles. The SMILES string of the molecule is CS(=O)(=O)CC(=O)N1CCCC2(CCC(=O)N(CCc3ccccc3)C2)C1. The van der Waals surface area contributed by atoms with Crippen molar-refractivity contribution in [1.82, 2.24) is 9.80 Å². The maximum Gasteiger partial charge on any atom is 0.237 e. The van der Waals surface area contributed by atoms with E-state index in [1.165, 1.54) is 5.56 Å². The highest BCUT2D eigenvalue weighted by atomic mass is 32.2. The molecule has 2 aliphatic rings. The van der Waals surface area contributed by atoms with Crippen LogP contribution in [0.25, 0.3) is 0 Å². The lowest BCUT2D eigenvalue weighted by Crippen LogP contribution is -2.55. The first-order valence-corrected chi connectivity index (χ1v) is 11.6. The first-order chi connectivity index (χ1) is 12.8. The van der Waals surface area contributed by atoms with Crippen molar-refractivity contribution in [3.8, 4) is 0 Å². The molecular weight excluding hydrogens is 364 g/mol. The third-order valence-electron chi connectivity index (χ3n) is 5.66. The second kappa shape index (κ2) is 8.00.